The predicted octanol–water partition coefficient (Wildman–Crippen LogP) is 4.45. The minimum atomic E-state index is -0.0184. The number of amides is 1. The number of nitrogens with zero attached hydrogens (tertiary/aromatic N) is 2. The highest BCUT2D eigenvalue weighted by Crippen LogP contribution is 2.10. The van der Waals surface area contributed by atoms with Crippen molar-refractivity contribution in [1.29, 1.82) is 0 Å². The van der Waals surface area contributed by atoms with E-state index >= 15 is 0 Å². The summed E-state index contributed by atoms with van der Waals surface area (Å²) in [5.74, 6) is -0.0184. The van der Waals surface area contributed by atoms with Crippen LogP contribution in [-0.4, -0.2) is 17.1 Å². The summed E-state index contributed by atoms with van der Waals surface area (Å²) in [5, 5.41) is 3.91. The lowest BCUT2D eigenvalue weighted by molar-refractivity contribution is -0.121. The summed E-state index contributed by atoms with van der Waals surface area (Å²) in [6, 6.07) is 5.58. The Balaban J connectivity index is 1.94. The van der Waals surface area contributed by atoms with Crippen molar-refractivity contribution in [1.82, 2.24) is 10.4 Å². The van der Waals surface area contributed by atoms with Crippen LogP contribution in [0.15, 0.2) is 29.5 Å². The first-order chi connectivity index (χ1) is 10.8. The standard InChI is InChI=1S/C18H29N3O/c1-2-3-4-5-6-7-8-9-10-14-18(22)21-20-16-17-13-11-12-15-19-17/h11-13,15-16H,2-10,14H2,1H3,(H,21,22). The van der Waals surface area contributed by atoms with Gasteiger partial charge in [0.05, 0.1) is 11.9 Å². The molecule has 1 rings (SSSR count). The number of aromatic nitrogens is 1. The van der Waals surface area contributed by atoms with Crippen molar-refractivity contribution in [3.8, 4) is 0 Å². The lowest BCUT2D eigenvalue weighted by Gasteiger charge is -2.02. The molecule has 122 valence electrons. The van der Waals surface area contributed by atoms with E-state index in [-0.39, 0.29) is 5.91 Å². The molecule has 0 saturated carbocycles. The molecule has 1 heterocycles. The summed E-state index contributed by atoms with van der Waals surface area (Å²) in [5.41, 5.74) is 3.29. The fourth-order valence-corrected chi connectivity index (χ4v) is 2.27. The summed E-state index contributed by atoms with van der Waals surface area (Å²) >= 11 is 0. The van der Waals surface area contributed by atoms with Crippen LogP contribution >= 0.6 is 0 Å². The van der Waals surface area contributed by atoms with E-state index in [2.05, 4.69) is 22.4 Å². The second kappa shape index (κ2) is 13.0. The quantitative estimate of drug-likeness (QED) is 0.352. The third kappa shape index (κ3) is 10.1. The lowest BCUT2D eigenvalue weighted by Crippen LogP contribution is -2.17. The first kappa shape index (κ1) is 18.3. The van der Waals surface area contributed by atoms with Gasteiger partial charge in [-0.15, -0.1) is 0 Å². The van der Waals surface area contributed by atoms with Gasteiger partial charge in [-0.2, -0.15) is 5.10 Å². The van der Waals surface area contributed by atoms with Crippen LogP contribution in [0, 0.1) is 0 Å². The van der Waals surface area contributed by atoms with E-state index in [0.29, 0.717) is 6.42 Å². The van der Waals surface area contributed by atoms with Crippen molar-refractivity contribution in [2.24, 2.45) is 5.10 Å². The van der Waals surface area contributed by atoms with Gasteiger partial charge in [0.15, 0.2) is 0 Å². The molecule has 0 unspecified atom stereocenters. The van der Waals surface area contributed by atoms with Crippen LogP contribution in [0.5, 0.6) is 0 Å². The molecule has 1 aromatic heterocycles. The Kier molecular flexibility index (Phi) is 10.8. The maximum Gasteiger partial charge on any atom is 0.240 e. The lowest BCUT2D eigenvalue weighted by atomic mass is 10.1. The second-order valence-electron chi connectivity index (χ2n) is 5.63. The number of rotatable bonds is 12. The number of hydrogen-bond acceptors (Lipinski definition) is 3. The molecule has 4 nitrogen and oxygen atoms in total. The fraction of sp³-hybridized carbons (Fsp3) is 0.611. The number of nitrogens with one attached hydrogen (secondary N) is 1. The van der Waals surface area contributed by atoms with Gasteiger partial charge >= 0.3 is 0 Å². The molecule has 0 fully saturated rings. The average molecular weight is 303 g/mol. The summed E-state index contributed by atoms with van der Waals surface area (Å²) < 4.78 is 0. The van der Waals surface area contributed by atoms with Crippen LogP contribution in [0.3, 0.4) is 0 Å². The number of hydrogen-bond donors (Lipinski definition) is 1. The Morgan fingerprint density at radius 1 is 1.09 bits per heavy atom. The summed E-state index contributed by atoms with van der Waals surface area (Å²) in [7, 11) is 0. The number of hydrazone groups is 1. The number of carbonyl (C=O) groups excluding carboxylic acids is 1. The van der Waals surface area contributed by atoms with Crippen molar-refractivity contribution in [2.75, 3.05) is 0 Å². The molecule has 0 saturated heterocycles. The first-order valence-electron chi connectivity index (χ1n) is 8.56. The van der Waals surface area contributed by atoms with Gasteiger partial charge in [-0.25, -0.2) is 5.43 Å². The number of unbranched alkanes of at least 4 members (excludes halogenated alkanes) is 8. The van der Waals surface area contributed by atoms with Gasteiger partial charge in [-0.05, 0) is 18.6 Å². The van der Waals surface area contributed by atoms with Gasteiger partial charge in [-0.1, -0.05) is 64.4 Å². The Labute approximate surface area is 134 Å². The maximum absolute atomic E-state index is 11.6. The Bertz CT molecular complexity index is 418. The zero-order chi connectivity index (χ0) is 15.9. The van der Waals surface area contributed by atoms with E-state index < -0.39 is 0 Å². The minimum Gasteiger partial charge on any atom is -0.273 e. The number of pyridine rings is 1. The molecule has 0 spiro atoms. The normalized spacial score (nSPS) is 11.0. The van der Waals surface area contributed by atoms with Crippen molar-refractivity contribution in [2.45, 2.75) is 71.1 Å². The van der Waals surface area contributed by atoms with Gasteiger partial charge in [0, 0.05) is 12.6 Å². The predicted molar refractivity (Wildman–Crippen MR) is 91.8 cm³/mol. The molecule has 22 heavy (non-hydrogen) atoms. The van der Waals surface area contributed by atoms with Crippen LogP contribution in [0.4, 0.5) is 0 Å². The zero-order valence-electron chi connectivity index (χ0n) is 13.8. The summed E-state index contributed by atoms with van der Waals surface area (Å²) in [4.78, 5) is 15.7. The summed E-state index contributed by atoms with van der Waals surface area (Å²) in [6.07, 6.45) is 15.1. The fourth-order valence-electron chi connectivity index (χ4n) is 2.27. The molecule has 0 radical (unpaired) electrons. The second-order valence-corrected chi connectivity index (χ2v) is 5.63. The molecule has 1 amide bonds. The van der Waals surface area contributed by atoms with Crippen LogP contribution in [-0.2, 0) is 4.79 Å². The Morgan fingerprint density at radius 2 is 1.77 bits per heavy atom. The van der Waals surface area contributed by atoms with Crippen LogP contribution in [0.25, 0.3) is 0 Å². The number of carbonyl (C=O) groups is 1. The van der Waals surface area contributed by atoms with E-state index in [4.69, 9.17) is 0 Å². The van der Waals surface area contributed by atoms with E-state index in [9.17, 15) is 4.79 Å². The SMILES string of the molecule is CCCCCCCCCCCC(=O)NN=Cc1ccccn1. The van der Waals surface area contributed by atoms with E-state index in [1.165, 1.54) is 44.9 Å². The zero-order valence-corrected chi connectivity index (χ0v) is 13.8. The van der Waals surface area contributed by atoms with Crippen LogP contribution in [0.1, 0.15) is 76.8 Å². The molecule has 0 atom stereocenters. The van der Waals surface area contributed by atoms with Crippen LogP contribution in [0.2, 0.25) is 0 Å². The van der Waals surface area contributed by atoms with Gasteiger partial charge in [0.25, 0.3) is 0 Å². The molecular formula is C18H29N3O. The van der Waals surface area contributed by atoms with Gasteiger partial charge in [-0.3, -0.25) is 9.78 Å². The van der Waals surface area contributed by atoms with Gasteiger partial charge < -0.3 is 0 Å². The smallest absolute Gasteiger partial charge is 0.240 e. The molecule has 0 aliphatic carbocycles. The van der Waals surface area contributed by atoms with E-state index in [1.54, 1.807) is 12.4 Å². The monoisotopic (exact) mass is 303 g/mol. The highest BCUT2D eigenvalue weighted by Gasteiger charge is 1.99. The summed E-state index contributed by atoms with van der Waals surface area (Å²) in [6.45, 7) is 2.24. The highest BCUT2D eigenvalue weighted by molar-refractivity contribution is 5.80. The van der Waals surface area contributed by atoms with E-state index in [1.807, 2.05) is 18.2 Å². The molecule has 0 aliphatic rings. The third-order valence-corrected chi connectivity index (χ3v) is 3.58. The first-order valence-corrected chi connectivity index (χ1v) is 8.56. The topological polar surface area (TPSA) is 54.4 Å². The van der Waals surface area contributed by atoms with Gasteiger partial charge in [0.2, 0.25) is 5.91 Å². The van der Waals surface area contributed by atoms with Crippen molar-refractivity contribution in [3.63, 3.8) is 0 Å². The third-order valence-electron chi connectivity index (χ3n) is 3.58. The van der Waals surface area contributed by atoms with E-state index in [0.717, 1.165) is 18.5 Å². The highest BCUT2D eigenvalue weighted by atomic mass is 16.2. The minimum absolute atomic E-state index is 0.0184. The molecule has 0 bridgehead atoms. The largest absolute Gasteiger partial charge is 0.273 e. The van der Waals surface area contributed by atoms with Crippen molar-refractivity contribution >= 4 is 12.1 Å². The Hall–Kier alpha value is -1.71. The maximum atomic E-state index is 11.6. The van der Waals surface area contributed by atoms with Gasteiger partial charge in [0.1, 0.15) is 0 Å². The Morgan fingerprint density at radius 3 is 2.41 bits per heavy atom. The molecule has 4 heteroatoms. The van der Waals surface area contributed by atoms with Crippen molar-refractivity contribution in [3.05, 3.63) is 30.1 Å². The average Bonchev–Trinajstić information content (AvgIpc) is 2.54. The molecule has 0 aromatic carbocycles. The van der Waals surface area contributed by atoms with Crippen LogP contribution < -0.4 is 5.43 Å². The molecule has 1 aromatic rings. The van der Waals surface area contributed by atoms with Crippen molar-refractivity contribution < 1.29 is 4.79 Å². The molecular weight excluding hydrogens is 274 g/mol. The molecule has 1 N–H and O–H groups in total. The molecule has 0 aliphatic heterocycles.